The molecule has 82 valence electrons. The predicted molar refractivity (Wildman–Crippen MR) is 69.0 cm³/mol. The van der Waals surface area contributed by atoms with Gasteiger partial charge in [-0.15, -0.1) is 0 Å². The van der Waals surface area contributed by atoms with Crippen molar-refractivity contribution in [2.24, 2.45) is 0 Å². The first-order valence-corrected chi connectivity index (χ1v) is 6.07. The van der Waals surface area contributed by atoms with E-state index < -0.39 is 0 Å². The number of hydrogen-bond donors (Lipinski definition) is 0. The minimum absolute atomic E-state index is 0.269. The van der Waals surface area contributed by atoms with Gasteiger partial charge in [0.15, 0.2) is 0 Å². The molecule has 0 saturated carbocycles. The minimum atomic E-state index is 0.269. The highest BCUT2D eigenvalue weighted by molar-refractivity contribution is 6.67. The molecule has 0 spiro atoms. The summed E-state index contributed by atoms with van der Waals surface area (Å²) in [5, 5.41) is 8.88. The SMILES string of the molecule is CCc1ccccc1N1CCB(C#N)CC1. The molecule has 0 radical (unpaired) electrons. The van der Waals surface area contributed by atoms with Crippen molar-refractivity contribution in [1.29, 1.82) is 5.26 Å². The van der Waals surface area contributed by atoms with Gasteiger partial charge in [-0.1, -0.05) is 25.1 Å². The van der Waals surface area contributed by atoms with Gasteiger partial charge < -0.3 is 4.90 Å². The standard InChI is InChI=1S/C13H17BN2/c1-2-12-5-3-4-6-13(12)16-9-7-14(11-15)8-10-16/h3-6H,2,7-10H2,1H3. The van der Waals surface area contributed by atoms with E-state index in [-0.39, 0.29) is 6.71 Å². The molecule has 0 N–H and O–H groups in total. The molecule has 2 nitrogen and oxygen atoms in total. The summed E-state index contributed by atoms with van der Waals surface area (Å²) in [7, 11) is 0. The molecule has 1 aromatic carbocycles. The number of rotatable bonds is 2. The molecule has 0 unspecified atom stereocenters. The van der Waals surface area contributed by atoms with Crippen molar-refractivity contribution in [3.8, 4) is 5.97 Å². The lowest BCUT2D eigenvalue weighted by Crippen LogP contribution is -2.36. The molecule has 1 aromatic rings. The Hall–Kier alpha value is -1.43. The van der Waals surface area contributed by atoms with E-state index in [0.29, 0.717) is 0 Å². The molecule has 1 saturated heterocycles. The zero-order valence-corrected chi connectivity index (χ0v) is 9.82. The van der Waals surface area contributed by atoms with Gasteiger partial charge in [0, 0.05) is 24.7 Å². The first-order valence-electron chi connectivity index (χ1n) is 6.07. The largest absolute Gasteiger partial charge is 0.373 e. The molecule has 3 heteroatoms. The van der Waals surface area contributed by atoms with Crippen LogP contribution in [0.1, 0.15) is 12.5 Å². The van der Waals surface area contributed by atoms with Gasteiger partial charge in [0.2, 0.25) is 0 Å². The average molecular weight is 212 g/mol. The third kappa shape index (κ3) is 2.22. The summed E-state index contributed by atoms with van der Waals surface area (Å²) in [4.78, 5) is 2.42. The molecule has 1 fully saturated rings. The molecule has 1 aliphatic rings. The highest BCUT2D eigenvalue weighted by atomic mass is 15.1. The number of para-hydroxylation sites is 1. The quantitative estimate of drug-likeness (QED) is 0.704. The number of benzene rings is 1. The van der Waals surface area contributed by atoms with Crippen LogP contribution in [0.5, 0.6) is 0 Å². The summed E-state index contributed by atoms with van der Waals surface area (Å²) >= 11 is 0. The monoisotopic (exact) mass is 212 g/mol. The summed E-state index contributed by atoms with van der Waals surface area (Å²) in [6, 6.07) is 8.60. The Labute approximate surface area is 98.0 Å². The number of anilines is 1. The summed E-state index contributed by atoms with van der Waals surface area (Å²) < 4.78 is 0. The van der Waals surface area contributed by atoms with Crippen molar-refractivity contribution in [2.75, 3.05) is 18.0 Å². The van der Waals surface area contributed by atoms with Crippen molar-refractivity contribution in [3.63, 3.8) is 0 Å². The van der Waals surface area contributed by atoms with Crippen LogP contribution in [0, 0.1) is 11.2 Å². The number of nitrogens with zero attached hydrogens (tertiary/aromatic N) is 2. The fraction of sp³-hybridized carbons (Fsp3) is 0.462. The molecule has 0 aromatic heterocycles. The highest BCUT2D eigenvalue weighted by Crippen LogP contribution is 2.24. The Balaban J connectivity index is 2.11. The van der Waals surface area contributed by atoms with Gasteiger partial charge in [-0.3, -0.25) is 0 Å². The number of hydrogen-bond acceptors (Lipinski definition) is 2. The van der Waals surface area contributed by atoms with Gasteiger partial charge in [0.25, 0.3) is 6.71 Å². The number of aryl methyl sites for hydroxylation is 1. The second kappa shape index (κ2) is 5.07. The van der Waals surface area contributed by atoms with Crippen LogP contribution in [0.15, 0.2) is 24.3 Å². The van der Waals surface area contributed by atoms with Crippen LogP contribution in [0.4, 0.5) is 5.69 Å². The second-order valence-corrected chi connectivity index (χ2v) is 4.37. The zero-order chi connectivity index (χ0) is 11.4. The maximum absolute atomic E-state index is 8.88. The van der Waals surface area contributed by atoms with Crippen molar-refractivity contribution in [1.82, 2.24) is 0 Å². The molecular weight excluding hydrogens is 195 g/mol. The van der Waals surface area contributed by atoms with E-state index in [2.05, 4.69) is 42.1 Å². The summed E-state index contributed by atoms with van der Waals surface area (Å²) in [6.45, 7) is 4.51. The van der Waals surface area contributed by atoms with Crippen LogP contribution in [-0.4, -0.2) is 19.8 Å². The van der Waals surface area contributed by atoms with Crippen LogP contribution >= 0.6 is 0 Å². The molecule has 16 heavy (non-hydrogen) atoms. The molecule has 1 aliphatic heterocycles. The minimum Gasteiger partial charge on any atom is -0.373 e. The maximum atomic E-state index is 8.88. The summed E-state index contributed by atoms with van der Waals surface area (Å²) in [6.07, 6.45) is 3.09. The Morgan fingerprint density at radius 2 is 2.00 bits per heavy atom. The van der Waals surface area contributed by atoms with Crippen LogP contribution in [-0.2, 0) is 6.42 Å². The van der Waals surface area contributed by atoms with Crippen molar-refractivity contribution in [3.05, 3.63) is 29.8 Å². The molecule has 0 atom stereocenters. The normalized spacial score (nSPS) is 16.0. The molecule has 2 rings (SSSR count). The van der Waals surface area contributed by atoms with Gasteiger partial charge in [-0.25, -0.2) is 5.26 Å². The van der Waals surface area contributed by atoms with E-state index in [0.717, 1.165) is 32.2 Å². The third-order valence-corrected chi connectivity index (χ3v) is 3.39. The van der Waals surface area contributed by atoms with Crippen LogP contribution in [0.3, 0.4) is 0 Å². The summed E-state index contributed by atoms with van der Waals surface area (Å²) in [5.41, 5.74) is 2.78. The first-order chi connectivity index (χ1) is 7.85. The predicted octanol–water partition coefficient (Wildman–Crippen LogP) is 2.63. The van der Waals surface area contributed by atoms with E-state index in [1.807, 2.05) is 0 Å². The lowest BCUT2D eigenvalue weighted by Gasteiger charge is -2.31. The zero-order valence-electron chi connectivity index (χ0n) is 9.82. The van der Waals surface area contributed by atoms with Crippen molar-refractivity contribution >= 4 is 12.4 Å². The Bertz CT molecular complexity index is 389. The smallest absolute Gasteiger partial charge is 0.271 e. The van der Waals surface area contributed by atoms with Crippen molar-refractivity contribution in [2.45, 2.75) is 26.0 Å². The Kier molecular flexibility index (Phi) is 3.51. The lowest BCUT2D eigenvalue weighted by molar-refractivity contribution is 0.814. The van der Waals surface area contributed by atoms with Gasteiger partial charge >= 0.3 is 0 Å². The Morgan fingerprint density at radius 3 is 2.62 bits per heavy atom. The van der Waals surface area contributed by atoms with Crippen LogP contribution in [0.2, 0.25) is 12.6 Å². The second-order valence-electron chi connectivity index (χ2n) is 4.37. The average Bonchev–Trinajstić information content (AvgIpc) is 2.39. The lowest BCUT2D eigenvalue weighted by atomic mass is 9.45. The molecule has 0 bridgehead atoms. The van der Waals surface area contributed by atoms with E-state index in [9.17, 15) is 0 Å². The number of nitriles is 1. The van der Waals surface area contributed by atoms with Gasteiger partial charge in [0.1, 0.15) is 0 Å². The van der Waals surface area contributed by atoms with Gasteiger partial charge in [-0.05, 0) is 30.7 Å². The molecule has 0 amide bonds. The Morgan fingerprint density at radius 1 is 1.31 bits per heavy atom. The van der Waals surface area contributed by atoms with Gasteiger partial charge in [0.05, 0.1) is 0 Å². The topological polar surface area (TPSA) is 27.0 Å². The molecular formula is C13H17BN2. The van der Waals surface area contributed by atoms with E-state index >= 15 is 0 Å². The maximum Gasteiger partial charge on any atom is 0.271 e. The third-order valence-electron chi connectivity index (χ3n) is 3.39. The van der Waals surface area contributed by atoms with Gasteiger partial charge in [-0.2, -0.15) is 0 Å². The molecule has 0 aliphatic carbocycles. The summed E-state index contributed by atoms with van der Waals surface area (Å²) in [5.74, 6) is 2.38. The fourth-order valence-corrected chi connectivity index (χ4v) is 2.37. The van der Waals surface area contributed by atoms with Crippen molar-refractivity contribution < 1.29 is 0 Å². The first kappa shape index (κ1) is 11.1. The molecule has 1 heterocycles. The van der Waals surface area contributed by atoms with E-state index in [1.54, 1.807) is 0 Å². The highest BCUT2D eigenvalue weighted by Gasteiger charge is 2.23. The van der Waals surface area contributed by atoms with Crippen LogP contribution in [0.25, 0.3) is 0 Å². The fourth-order valence-electron chi connectivity index (χ4n) is 2.37. The van der Waals surface area contributed by atoms with E-state index in [1.165, 1.54) is 11.3 Å². The van der Waals surface area contributed by atoms with Crippen LogP contribution < -0.4 is 4.90 Å². The van der Waals surface area contributed by atoms with E-state index in [4.69, 9.17) is 5.26 Å².